The summed E-state index contributed by atoms with van der Waals surface area (Å²) in [7, 11) is 0. The van der Waals surface area contributed by atoms with Gasteiger partial charge in [-0.05, 0) is 23.6 Å². The Kier molecular flexibility index (Phi) is 3.97. The number of carbonyl (C=O) groups is 1. The fourth-order valence-corrected chi connectivity index (χ4v) is 1.70. The number of hydrogen-bond acceptors (Lipinski definition) is 2. The zero-order chi connectivity index (χ0) is 12.3. The molecule has 4 heteroatoms. The quantitative estimate of drug-likeness (QED) is 0.818. The van der Waals surface area contributed by atoms with Crippen LogP contribution < -0.4 is 11.1 Å². The molecule has 1 aromatic rings. The molecule has 3 nitrogen and oxygen atoms in total. The summed E-state index contributed by atoms with van der Waals surface area (Å²) in [6, 6.07) is 5.41. The molecule has 0 spiro atoms. The predicted molar refractivity (Wildman–Crippen MR) is 71.3 cm³/mol. The van der Waals surface area contributed by atoms with Crippen molar-refractivity contribution in [3.63, 3.8) is 0 Å². The first kappa shape index (κ1) is 13.0. The molecule has 0 aromatic heterocycles. The van der Waals surface area contributed by atoms with Crippen LogP contribution in [0.4, 0.5) is 11.4 Å². The molecule has 16 heavy (non-hydrogen) atoms. The van der Waals surface area contributed by atoms with E-state index in [1.807, 2.05) is 26.8 Å². The van der Waals surface area contributed by atoms with Gasteiger partial charge in [0, 0.05) is 10.9 Å². The number of benzene rings is 1. The van der Waals surface area contributed by atoms with Crippen molar-refractivity contribution in [2.75, 3.05) is 11.1 Å². The van der Waals surface area contributed by atoms with Crippen molar-refractivity contribution >= 4 is 33.2 Å². The van der Waals surface area contributed by atoms with Gasteiger partial charge < -0.3 is 11.1 Å². The maximum absolute atomic E-state index is 11.7. The van der Waals surface area contributed by atoms with E-state index in [9.17, 15) is 4.79 Å². The lowest BCUT2D eigenvalue weighted by molar-refractivity contribution is -0.117. The zero-order valence-electron chi connectivity index (χ0n) is 9.80. The smallest absolute Gasteiger partial charge is 0.224 e. The van der Waals surface area contributed by atoms with Crippen molar-refractivity contribution < 1.29 is 4.79 Å². The Morgan fingerprint density at radius 3 is 2.56 bits per heavy atom. The minimum absolute atomic E-state index is 0.0125. The van der Waals surface area contributed by atoms with Gasteiger partial charge in [-0.15, -0.1) is 0 Å². The van der Waals surface area contributed by atoms with Crippen LogP contribution in [0.15, 0.2) is 22.7 Å². The average molecular weight is 285 g/mol. The number of hydrogen-bond donors (Lipinski definition) is 2. The average Bonchev–Trinajstić information content (AvgIpc) is 2.06. The van der Waals surface area contributed by atoms with Gasteiger partial charge in [0.2, 0.25) is 5.91 Å². The molecule has 0 heterocycles. The highest BCUT2D eigenvalue weighted by atomic mass is 79.9. The monoisotopic (exact) mass is 284 g/mol. The zero-order valence-corrected chi connectivity index (χ0v) is 11.4. The Morgan fingerprint density at radius 2 is 2.06 bits per heavy atom. The predicted octanol–water partition coefficient (Wildman–Crippen LogP) is 3.41. The molecule has 0 fully saturated rings. The lowest BCUT2D eigenvalue weighted by Crippen LogP contribution is -2.20. The Labute approximate surface area is 105 Å². The van der Waals surface area contributed by atoms with Crippen LogP contribution in [0.1, 0.15) is 27.2 Å². The minimum Gasteiger partial charge on any atom is -0.397 e. The van der Waals surface area contributed by atoms with Gasteiger partial charge in [-0.1, -0.05) is 36.7 Å². The lowest BCUT2D eigenvalue weighted by atomic mass is 9.92. The van der Waals surface area contributed by atoms with E-state index in [2.05, 4.69) is 21.2 Å². The van der Waals surface area contributed by atoms with E-state index in [1.54, 1.807) is 12.1 Å². The molecule has 0 aliphatic rings. The number of amides is 1. The van der Waals surface area contributed by atoms with Gasteiger partial charge in [-0.2, -0.15) is 0 Å². The number of carbonyl (C=O) groups excluding carboxylic acids is 1. The Hall–Kier alpha value is -1.03. The highest BCUT2D eigenvalue weighted by Crippen LogP contribution is 2.25. The third-order valence-electron chi connectivity index (χ3n) is 1.98. The Bertz CT molecular complexity index is 396. The van der Waals surface area contributed by atoms with Crippen LogP contribution in [0.2, 0.25) is 0 Å². The van der Waals surface area contributed by atoms with E-state index >= 15 is 0 Å². The van der Waals surface area contributed by atoms with Crippen LogP contribution in [-0.4, -0.2) is 5.91 Å². The highest BCUT2D eigenvalue weighted by molar-refractivity contribution is 9.10. The molecule has 0 atom stereocenters. The Balaban J connectivity index is 2.70. The summed E-state index contributed by atoms with van der Waals surface area (Å²) in [6.45, 7) is 6.08. The van der Waals surface area contributed by atoms with Crippen LogP contribution >= 0.6 is 15.9 Å². The van der Waals surface area contributed by atoms with Crippen LogP contribution in [0, 0.1) is 5.41 Å². The molecule has 3 N–H and O–H groups in total. The van der Waals surface area contributed by atoms with Crippen molar-refractivity contribution in [1.82, 2.24) is 0 Å². The molecule has 0 aliphatic carbocycles. The molecule has 1 aromatic carbocycles. The van der Waals surface area contributed by atoms with Gasteiger partial charge in [-0.25, -0.2) is 0 Å². The fraction of sp³-hybridized carbons (Fsp3) is 0.417. The number of nitrogens with two attached hydrogens (primary N) is 1. The minimum atomic E-state index is -0.0196. The molecule has 0 unspecified atom stereocenters. The van der Waals surface area contributed by atoms with Crippen LogP contribution in [0.25, 0.3) is 0 Å². The number of anilines is 2. The van der Waals surface area contributed by atoms with Gasteiger partial charge in [0.25, 0.3) is 0 Å². The molecule has 0 saturated heterocycles. The summed E-state index contributed by atoms with van der Waals surface area (Å²) in [6.07, 6.45) is 0.475. The molecular formula is C12H17BrN2O. The number of nitrogens with one attached hydrogen (secondary N) is 1. The van der Waals surface area contributed by atoms with E-state index < -0.39 is 0 Å². The first-order chi connectivity index (χ1) is 7.28. The van der Waals surface area contributed by atoms with Gasteiger partial charge in [0.1, 0.15) is 0 Å². The second-order valence-electron chi connectivity index (χ2n) is 5.02. The van der Waals surface area contributed by atoms with Crippen LogP contribution in [0.3, 0.4) is 0 Å². The van der Waals surface area contributed by atoms with Crippen molar-refractivity contribution in [3.8, 4) is 0 Å². The van der Waals surface area contributed by atoms with Gasteiger partial charge in [-0.3, -0.25) is 4.79 Å². The topological polar surface area (TPSA) is 55.1 Å². The molecule has 0 radical (unpaired) electrons. The second-order valence-corrected chi connectivity index (χ2v) is 5.93. The molecule has 0 aliphatic heterocycles. The summed E-state index contributed by atoms with van der Waals surface area (Å²) in [4.78, 5) is 11.7. The van der Waals surface area contributed by atoms with Crippen LogP contribution in [0.5, 0.6) is 0 Å². The van der Waals surface area contributed by atoms with Gasteiger partial charge in [0.05, 0.1) is 11.4 Å². The molecule has 1 amide bonds. The van der Waals surface area contributed by atoms with E-state index in [1.165, 1.54) is 0 Å². The first-order valence-electron chi connectivity index (χ1n) is 5.13. The van der Waals surface area contributed by atoms with Gasteiger partial charge in [0.15, 0.2) is 0 Å². The Morgan fingerprint density at radius 1 is 1.44 bits per heavy atom. The summed E-state index contributed by atoms with van der Waals surface area (Å²) >= 11 is 3.32. The summed E-state index contributed by atoms with van der Waals surface area (Å²) < 4.78 is 0.902. The first-order valence-corrected chi connectivity index (χ1v) is 5.92. The maximum atomic E-state index is 11.7. The van der Waals surface area contributed by atoms with E-state index in [0.29, 0.717) is 17.8 Å². The van der Waals surface area contributed by atoms with Crippen molar-refractivity contribution in [3.05, 3.63) is 22.7 Å². The maximum Gasteiger partial charge on any atom is 0.224 e. The lowest BCUT2D eigenvalue weighted by Gasteiger charge is -2.17. The number of rotatable bonds is 2. The van der Waals surface area contributed by atoms with Crippen molar-refractivity contribution in [2.24, 2.45) is 5.41 Å². The van der Waals surface area contributed by atoms with Crippen LogP contribution in [-0.2, 0) is 4.79 Å². The number of halogens is 1. The van der Waals surface area contributed by atoms with E-state index in [-0.39, 0.29) is 11.3 Å². The summed E-state index contributed by atoms with van der Waals surface area (Å²) in [5.41, 5.74) is 7.00. The largest absolute Gasteiger partial charge is 0.397 e. The highest BCUT2D eigenvalue weighted by Gasteiger charge is 2.16. The molecular weight excluding hydrogens is 268 g/mol. The molecule has 88 valence electrons. The summed E-state index contributed by atoms with van der Waals surface area (Å²) in [5.74, 6) is -0.0125. The third kappa shape index (κ3) is 4.23. The molecule has 0 saturated carbocycles. The normalized spacial score (nSPS) is 11.2. The second kappa shape index (κ2) is 4.87. The fourth-order valence-electron chi connectivity index (χ4n) is 1.32. The SMILES string of the molecule is CC(C)(C)CC(=O)Nc1ccc(Br)cc1N. The molecule has 1 rings (SSSR count). The summed E-state index contributed by atoms with van der Waals surface area (Å²) in [5, 5.41) is 2.81. The standard InChI is InChI=1S/C12H17BrN2O/c1-12(2,3)7-11(16)15-10-5-4-8(13)6-9(10)14/h4-6H,7,14H2,1-3H3,(H,15,16). The third-order valence-corrected chi connectivity index (χ3v) is 2.47. The number of nitrogen functional groups attached to an aromatic ring is 1. The van der Waals surface area contributed by atoms with E-state index in [0.717, 1.165) is 4.47 Å². The van der Waals surface area contributed by atoms with Gasteiger partial charge >= 0.3 is 0 Å². The van der Waals surface area contributed by atoms with Crippen molar-refractivity contribution in [1.29, 1.82) is 0 Å². The van der Waals surface area contributed by atoms with E-state index in [4.69, 9.17) is 5.73 Å². The van der Waals surface area contributed by atoms with Crippen molar-refractivity contribution in [2.45, 2.75) is 27.2 Å². The molecule has 0 bridgehead atoms.